The molecular weight excluding hydrogens is 306 g/mol. The SMILES string of the molecule is O=C1C(=O)N(CCSc2ccccc2)c2cccc(Cl)c21. The molecule has 0 bridgehead atoms. The maximum atomic E-state index is 12.1. The molecule has 0 N–H and O–H groups in total. The van der Waals surface area contributed by atoms with Crippen LogP contribution in [0, 0.1) is 0 Å². The molecule has 0 saturated heterocycles. The fraction of sp³-hybridized carbons (Fsp3) is 0.125. The van der Waals surface area contributed by atoms with Gasteiger partial charge in [0.15, 0.2) is 0 Å². The van der Waals surface area contributed by atoms with Crippen molar-refractivity contribution in [3.63, 3.8) is 0 Å². The number of halogens is 1. The van der Waals surface area contributed by atoms with Crippen molar-refractivity contribution < 1.29 is 9.59 Å². The number of fused-ring (bicyclic) bond motifs is 1. The lowest BCUT2D eigenvalue weighted by atomic mass is 10.1. The van der Waals surface area contributed by atoms with E-state index in [9.17, 15) is 9.59 Å². The van der Waals surface area contributed by atoms with Gasteiger partial charge in [0.2, 0.25) is 0 Å². The third kappa shape index (κ3) is 2.69. The van der Waals surface area contributed by atoms with Crippen LogP contribution in [0.25, 0.3) is 0 Å². The predicted octanol–water partition coefficient (Wildman–Crippen LogP) is 3.66. The lowest BCUT2D eigenvalue weighted by molar-refractivity contribution is -0.114. The topological polar surface area (TPSA) is 37.4 Å². The van der Waals surface area contributed by atoms with Crippen molar-refractivity contribution in [2.75, 3.05) is 17.2 Å². The Morgan fingerprint density at radius 1 is 1.00 bits per heavy atom. The number of carbonyl (C=O) groups is 2. The van der Waals surface area contributed by atoms with E-state index in [0.717, 1.165) is 10.6 Å². The first-order valence-electron chi connectivity index (χ1n) is 6.51. The second-order valence-corrected chi connectivity index (χ2v) is 6.16. The normalized spacial score (nSPS) is 13.7. The van der Waals surface area contributed by atoms with Crippen molar-refractivity contribution >= 4 is 40.7 Å². The molecule has 2 aromatic rings. The Morgan fingerprint density at radius 2 is 1.76 bits per heavy atom. The highest BCUT2D eigenvalue weighted by molar-refractivity contribution is 7.99. The van der Waals surface area contributed by atoms with Gasteiger partial charge in [0.25, 0.3) is 11.7 Å². The second kappa shape index (κ2) is 5.92. The summed E-state index contributed by atoms with van der Waals surface area (Å²) in [6.07, 6.45) is 0. The average Bonchev–Trinajstić information content (AvgIpc) is 2.74. The maximum Gasteiger partial charge on any atom is 0.299 e. The Hall–Kier alpha value is -1.78. The van der Waals surface area contributed by atoms with Gasteiger partial charge >= 0.3 is 0 Å². The molecule has 0 fully saturated rings. The van der Waals surface area contributed by atoms with E-state index >= 15 is 0 Å². The number of benzene rings is 2. The number of hydrogen-bond donors (Lipinski definition) is 0. The molecule has 1 heterocycles. The van der Waals surface area contributed by atoms with Crippen molar-refractivity contribution in [2.45, 2.75) is 4.90 Å². The number of rotatable bonds is 4. The van der Waals surface area contributed by atoms with Gasteiger partial charge in [-0.1, -0.05) is 35.9 Å². The summed E-state index contributed by atoms with van der Waals surface area (Å²) in [5, 5.41) is 0.337. The number of Topliss-reactive ketones (excluding diaryl/α,β-unsaturated/α-hetero) is 1. The molecule has 0 spiro atoms. The van der Waals surface area contributed by atoms with Crippen LogP contribution < -0.4 is 4.90 Å². The Labute approximate surface area is 131 Å². The summed E-state index contributed by atoms with van der Waals surface area (Å²) in [5.41, 5.74) is 0.944. The van der Waals surface area contributed by atoms with Crippen LogP contribution in [-0.2, 0) is 4.79 Å². The van der Waals surface area contributed by atoms with Crippen molar-refractivity contribution in [3.8, 4) is 0 Å². The molecule has 0 saturated carbocycles. The minimum atomic E-state index is -0.514. The standard InChI is InChI=1S/C16H12ClNO2S/c17-12-7-4-8-13-14(12)15(19)16(20)18(13)9-10-21-11-5-2-1-3-6-11/h1-8H,9-10H2. The maximum absolute atomic E-state index is 12.1. The first-order chi connectivity index (χ1) is 10.2. The van der Waals surface area contributed by atoms with E-state index in [-0.39, 0.29) is 0 Å². The summed E-state index contributed by atoms with van der Waals surface area (Å²) in [6, 6.07) is 15.1. The van der Waals surface area contributed by atoms with Gasteiger partial charge in [-0.3, -0.25) is 9.59 Å². The lowest BCUT2D eigenvalue weighted by Crippen LogP contribution is -2.31. The van der Waals surface area contributed by atoms with Crippen LogP contribution in [0.3, 0.4) is 0 Å². The van der Waals surface area contributed by atoms with Gasteiger partial charge in [-0.05, 0) is 24.3 Å². The minimum Gasteiger partial charge on any atom is -0.304 e. The first kappa shape index (κ1) is 14.2. The summed E-state index contributed by atoms with van der Waals surface area (Å²) in [7, 11) is 0. The monoisotopic (exact) mass is 317 g/mol. The Balaban J connectivity index is 1.74. The predicted molar refractivity (Wildman–Crippen MR) is 85.3 cm³/mol. The van der Waals surface area contributed by atoms with Crippen LogP contribution in [0.2, 0.25) is 5.02 Å². The van der Waals surface area contributed by atoms with E-state index in [1.165, 1.54) is 4.90 Å². The largest absolute Gasteiger partial charge is 0.304 e. The van der Waals surface area contributed by atoms with Crippen LogP contribution >= 0.6 is 23.4 Å². The second-order valence-electron chi connectivity index (χ2n) is 4.58. The van der Waals surface area contributed by atoms with E-state index in [0.29, 0.717) is 22.8 Å². The molecule has 1 aliphatic rings. The molecule has 2 aromatic carbocycles. The zero-order valence-corrected chi connectivity index (χ0v) is 12.7. The van der Waals surface area contributed by atoms with Gasteiger partial charge in [0, 0.05) is 17.2 Å². The third-order valence-electron chi connectivity index (χ3n) is 3.28. The summed E-state index contributed by atoms with van der Waals surface area (Å²) in [4.78, 5) is 26.7. The molecule has 21 heavy (non-hydrogen) atoms. The van der Waals surface area contributed by atoms with E-state index < -0.39 is 11.7 Å². The fourth-order valence-corrected chi connectivity index (χ4v) is 3.41. The molecule has 0 aliphatic carbocycles. The van der Waals surface area contributed by atoms with Gasteiger partial charge < -0.3 is 4.90 Å². The van der Waals surface area contributed by atoms with Crippen LogP contribution in [0.15, 0.2) is 53.4 Å². The number of ketones is 1. The number of carbonyl (C=O) groups excluding carboxylic acids is 2. The summed E-state index contributed by atoms with van der Waals surface area (Å²) < 4.78 is 0. The molecule has 0 unspecified atom stereocenters. The Bertz CT molecular complexity index is 703. The van der Waals surface area contributed by atoms with Crippen molar-refractivity contribution in [1.82, 2.24) is 0 Å². The highest BCUT2D eigenvalue weighted by Gasteiger charge is 2.36. The van der Waals surface area contributed by atoms with Crippen LogP contribution in [0.1, 0.15) is 10.4 Å². The first-order valence-corrected chi connectivity index (χ1v) is 7.87. The number of hydrogen-bond acceptors (Lipinski definition) is 3. The summed E-state index contributed by atoms with van der Waals surface area (Å²) >= 11 is 7.67. The lowest BCUT2D eigenvalue weighted by Gasteiger charge is -2.16. The van der Waals surface area contributed by atoms with Gasteiger partial charge in [0.05, 0.1) is 16.3 Å². The number of nitrogens with zero attached hydrogens (tertiary/aromatic N) is 1. The number of amides is 1. The van der Waals surface area contributed by atoms with E-state index in [2.05, 4.69) is 0 Å². The zero-order chi connectivity index (χ0) is 14.8. The van der Waals surface area contributed by atoms with Crippen LogP contribution in [-0.4, -0.2) is 24.0 Å². The molecule has 1 aliphatic heterocycles. The van der Waals surface area contributed by atoms with E-state index in [1.54, 1.807) is 30.0 Å². The molecular formula is C16H12ClNO2S. The van der Waals surface area contributed by atoms with Crippen molar-refractivity contribution in [3.05, 3.63) is 59.1 Å². The molecule has 0 atom stereocenters. The molecule has 3 rings (SSSR count). The zero-order valence-electron chi connectivity index (χ0n) is 11.1. The van der Waals surface area contributed by atoms with Gasteiger partial charge in [-0.2, -0.15) is 0 Å². The van der Waals surface area contributed by atoms with Crippen molar-refractivity contribution in [1.29, 1.82) is 0 Å². The summed E-state index contributed by atoms with van der Waals surface area (Å²) in [5.74, 6) is -0.290. The molecule has 0 aromatic heterocycles. The summed E-state index contributed by atoms with van der Waals surface area (Å²) in [6.45, 7) is 0.484. The number of anilines is 1. The highest BCUT2D eigenvalue weighted by Crippen LogP contribution is 2.34. The molecule has 0 radical (unpaired) electrons. The molecule has 5 heteroatoms. The smallest absolute Gasteiger partial charge is 0.299 e. The molecule has 106 valence electrons. The third-order valence-corrected chi connectivity index (χ3v) is 4.58. The van der Waals surface area contributed by atoms with Gasteiger partial charge in [-0.25, -0.2) is 0 Å². The van der Waals surface area contributed by atoms with Gasteiger partial charge in [-0.15, -0.1) is 11.8 Å². The highest BCUT2D eigenvalue weighted by atomic mass is 35.5. The molecule has 1 amide bonds. The van der Waals surface area contributed by atoms with E-state index in [4.69, 9.17) is 11.6 Å². The van der Waals surface area contributed by atoms with Gasteiger partial charge in [0.1, 0.15) is 0 Å². The van der Waals surface area contributed by atoms with Crippen molar-refractivity contribution in [2.24, 2.45) is 0 Å². The number of thioether (sulfide) groups is 1. The Kier molecular flexibility index (Phi) is 3.99. The van der Waals surface area contributed by atoms with Crippen LogP contribution in [0.4, 0.5) is 5.69 Å². The fourth-order valence-electron chi connectivity index (χ4n) is 2.29. The van der Waals surface area contributed by atoms with Crippen LogP contribution in [0.5, 0.6) is 0 Å². The average molecular weight is 318 g/mol. The quantitative estimate of drug-likeness (QED) is 0.638. The minimum absolute atomic E-state index is 0.328. The van der Waals surface area contributed by atoms with E-state index in [1.807, 2.05) is 30.3 Å². The molecule has 3 nitrogen and oxygen atoms in total. The Morgan fingerprint density at radius 3 is 2.52 bits per heavy atom.